The van der Waals surface area contributed by atoms with Gasteiger partial charge in [0, 0.05) is 9.50 Å². The Bertz CT molecular complexity index is 1420. The number of anilines is 1. The zero-order chi connectivity index (χ0) is 26.7. The predicted molar refractivity (Wildman–Crippen MR) is 149 cm³/mol. The lowest BCUT2D eigenvalue weighted by molar-refractivity contribution is -0.122. The van der Waals surface area contributed by atoms with E-state index in [1.54, 1.807) is 31.2 Å². The van der Waals surface area contributed by atoms with E-state index in [0.717, 1.165) is 20.5 Å². The maximum absolute atomic E-state index is 13.3. The van der Waals surface area contributed by atoms with E-state index in [2.05, 4.69) is 37.2 Å². The molecule has 1 aliphatic rings. The minimum atomic E-state index is -0.847. The van der Waals surface area contributed by atoms with Crippen molar-refractivity contribution >= 4 is 73.1 Å². The van der Waals surface area contributed by atoms with Crippen LogP contribution >= 0.6 is 43.5 Å². The summed E-state index contributed by atoms with van der Waals surface area (Å²) in [5.74, 6) is -0.646. The van der Waals surface area contributed by atoms with Crippen molar-refractivity contribution in [2.24, 2.45) is 0 Å². The molecule has 0 saturated carbocycles. The zero-order valence-electron chi connectivity index (χ0n) is 19.8. The fraction of sp³-hybridized carbons (Fsp3) is 0.148. The minimum absolute atomic E-state index is 0.214. The van der Waals surface area contributed by atoms with E-state index in [1.807, 2.05) is 31.2 Å². The molecule has 190 valence electrons. The van der Waals surface area contributed by atoms with Crippen LogP contribution in [0.1, 0.15) is 23.6 Å². The van der Waals surface area contributed by atoms with Crippen LogP contribution < -0.4 is 19.7 Å². The van der Waals surface area contributed by atoms with E-state index < -0.39 is 17.8 Å². The number of ether oxygens (including phenoxy) is 2. The van der Waals surface area contributed by atoms with Crippen LogP contribution in [-0.4, -0.2) is 24.5 Å². The molecule has 10 heteroatoms. The molecule has 1 fully saturated rings. The summed E-state index contributed by atoms with van der Waals surface area (Å²) in [6.07, 6.45) is 1.40. The fourth-order valence-electron chi connectivity index (χ4n) is 3.59. The number of amides is 4. The number of halogens is 3. The van der Waals surface area contributed by atoms with Crippen LogP contribution in [-0.2, 0) is 16.2 Å². The third-order valence-electron chi connectivity index (χ3n) is 5.45. The van der Waals surface area contributed by atoms with E-state index in [-0.39, 0.29) is 11.3 Å². The van der Waals surface area contributed by atoms with E-state index in [1.165, 1.54) is 12.1 Å². The maximum Gasteiger partial charge on any atom is 0.335 e. The molecule has 37 heavy (non-hydrogen) atoms. The summed E-state index contributed by atoms with van der Waals surface area (Å²) in [7, 11) is 0. The summed E-state index contributed by atoms with van der Waals surface area (Å²) in [5, 5.41) is 2.61. The highest BCUT2D eigenvalue weighted by Crippen LogP contribution is 2.38. The summed E-state index contributed by atoms with van der Waals surface area (Å²) in [5.41, 5.74) is 2.30. The van der Waals surface area contributed by atoms with E-state index >= 15 is 0 Å². The van der Waals surface area contributed by atoms with Gasteiger partial charge in [-0.2, -0.15) is 0 Å². The largest absolute Gasteiger partial charge is 0.490 e. The molecule has 1 heterocycles. The van der Waals surface area contributed by atoms with Crippen LogP contribution in [0.25, 0.3) is 6.08 Å². The summed E-state index contributed by atoms with van der Waals surface area (Å²) in [4.78, 5) is 39.3. The van der Waals surface area contributed by atoms with Gasteiger partial charge in [0.25, 0.3) is 11.8 Å². The third-order valence-corrected chi connectivity index (χ3v) is 6.98. The first-order valence-corrected chi connectivity index (χ1v) is 13.2. The number of barbiturate groups is 1. The second-order valence-corrected chi connectivity index (χ2v) is 10.2. The van der Waals surface area contributed by atoms with Crippen LogP contribution in [0.2, 0.25) is 5.02 Å². The molecule has 1 saturated heterocycles. The van der Waals surface area contributed by atoms with Crippen LogP contribution in [0.5, 0.6) is 11.5 Å². The summed E-state index contributed by atoms with van der Waals surface area (Å²) in [6.45, 7) is 4.32. The molecular formula is C27H21Br2ClN2O5. The first-order chi connectivity index (χ1) is 17.7. The SMILES string of the molecule is CCOc1cc(/C=C2/C(=O)NC(=O)N(c3ccc(C)c(Cl)c3)C2=O)cc(Br)c1OCc1ccc(Br)cc1. The Morgan fingerprint density at radius 1 is 1.00 bits per heavy atom. The number of hydrogen-bond donors (Lipinski definition) is 1. The average molecular weight is 649 g/mol. The topological polar surface area (TPSA) is 84.9 Å². The van der Waals surface area contributed by atoms with Crippen molar-refractivity contribution in [3.05, 3.63) is 90.8 Å². The van der Waals surface area contributed by atoms with Crippen molar-refractivity contribution in [3.63, 3.8) is 0 Å². The Morgan fingerprint density at radius 3 is 2.41 bits per heavy atom. The van der Waals surface area contributed by atoms with Crippen LogP contribution in [0.4, 0.5) is 10.5 Å². The quantitative estimate of drug-likeness (QED) is 0.225. The first-order valence-electron chi connectivity index (χ1n) is 11.2. The Kier molecular flexibility index (Phi) is 8.36. The molecule has 4 amide bonds. The lowest BCUT2D eigenvalue weighted by Crippen LogP contribution is -2.54. The Morgan fingerprint density at radius 2 is 1.73 bits per heavy atom. The number of urea groups is 1. The second kappa shape index (κ2) is 11.5. The van der Waals surface area contributed by atoms with Gasteiger partial charge in [-0.3, -0.25) is 14.9 Å². The van der Waals surface area contributed by atoms with Crippen LogP contribution in [0, 0.1) is 6.92 Å². The van der Waals surface area contributed by atoms with Gasteiger partial charge in [0.2, 0.25) is 0 Å². The third kappa shape index (κ3) is 6.06. The molecule has 7 nitrogen and oxygen atoms in total. The lowest BCUT2D eigenvalue weighted by atomic mass is 10.1. The average Bonchev–Trinajstić information content (AvgIpc) is 2.84. The van der Waals surface area contributed by atoms with Crippen LogP contribution in [0.3, 0.4) is 0 Å². The summed E-state index contributed by atoms with van der Waals surface area (Å²) in [6, 6.07) is 15.1. The lowest BCUT2D eigenvalue weighted by Gasteiger charge is -2.26. The van der Waals surface area contributed by atoms with Gasteiger partial charge in [0.05, 0.1) is 16.8 Å². The minimum Gasteiger partial charge on any atom is -0.490 e. The molecular weight excluding hydrogens is 628 g/mol. The fourth-order valence-corrected chi connectivity index (χ4v) is 4.60. The number of nitrogens with one attached hydrogen (secondary N) is 1. The van der Waals surface area contributed by atoms with Gasteiger partial charge in [-0.15, -0.1) is 0 Å². The monoisotopic (exact) mass is 646 g/mol. The van der Waals surface area contributed by atoms with E-state index in [9.17, 15) is 14.4 Å². The highest BCUT2D eigenvalue weighted by atomic mass is 79.9. The Labute approximate surface area is 235 Å². The van der Waals surface area contributed by atoms with Crippen molar-refractivity contribution in [1.29, 1.82) is 0 Å². The Balaban J connectivity index is 1.66. The number of benzene rings is 3. The van der Waals surface area contributed by atoms with Gasteiger partial charge in [-0.1, -0.05) is 45.7 Å². The van der Waals surface area contributed by atoms with Crippen molar-refractivity contribution < 1.29 is 23.9 Å². The molecule has 0 bridgehead atoms. The molecule has 0 aliphatic carbocycles. The van der Waals surface area contributed by atoms with Crippen molar-refractivity contribution in [1.82, 2.24) is 5.32 Å². The van der Waals surface area contributed by atoms with Gasteiger partial charge in [-0.05, 0) is 88.9 Å². The molecule has 4 rings (SSSR count). The van der Waals surface area contributed by atoms with Gasteiger partial charge in [-0.25, -0.2) is 9.69 Å². The molecule has 1 aliphatic heterocycles. The number of imide groups is 2. The predicted octanol–water partition coefficient (Wildman–Crippen LogP) is 6.82. The standard InChI is InChI=1S/C27H21Br2ClN2O5/c1-3-36-23-12-17(11-21(29)24(23)37-14-16-5-7-18(28)8-6-16)10-20-25(33)31-27(35)32(26(20)34)19-9-4-15(2)22(30)13-19/h4-13H,3,14H2,1-2H3,(H,31,33,35)/b20-10-. The van der Waals surface area contributed by atoms with Crippen molar-refractivity contribution in [2.45, 2.75) is 20.5 Å². The zero-order valence-corrected chi connectivity index (χ0v) is 23.7. The molecule has 0 spiro atoms. The summed E-state index contributed by atoms with van der Waals surface area (Å²) < 4.78 is 13.4. The maximum atomic E-state index is 13.3. The number of nitrogens with zero attached hydrogens (tertiary/aromatic N) is 1. The smallest absolute Gasteiger partial charge is 0.335 e. The van der Waals surface area contributed by atoms with E-state index in [0.29, 0.717) is 39.8 Å². The second-order valence-electron chi connectivity index (χ2n) is 8.07. The number of carbonyl (C=O) groups excluding carboxylic acids is 3. The van der Waals surface area contributed by atoms with Crippen LogP contribution in [0.15, 0.2) is 69.1 Å². The normalized spacial score (nSPS) is 14.7. The van der Waals surface area contributed by atoms with Gasteiger partial charge in [0.15, 0.2) is 11.5 Å². The van der Waals surface area contributed by atoms with Gasteiger partial charge in [0.1, 0.15) is 12.2 Å². The number of rotatable bonds is 7. The highest BCUT2D eigenvalue weighted by molar-refractivity contribution is 9.10. The molecule has 3 aromatic rings. The van der Waals surface area contributed by atoms with Crippen molar-refractivity contribution in [2.75, 3.05) is 11.5 Å². The molecule has 0 radical (unpaired) electrons. The van der Waals surface area contributed by atoms with Gasteiger partial charge >= 0.3 is 6.03 Å². The number of aryl methyl sites for hydroxylation is 1. The molecule has 0 unspecified atom stereocenters. The Hall–Kier alpha value is -3.14. The first kappa shape index (κ1) is 26.9. The van der Waals surface area contributed by atoms with E-state index in [4.69, 9.17) is 21.1 Å². The van der Waals surface area contributed by atoms with Gasteiger partial charge < -0.3 is 9.47 Å². The molecule has 1 N–H and O–H groups in total. The number of carbonyl (C=O) groups is 3. The highest BCUT2D eigenvalue weighted by Gasteiger charge is 2.37. The number of hydrogen-bond acceptors (Lipinski definition) is 5. The summed E-state index contributed by atoms with van der Waals surface area (Å²) >= 11 is 13.1. The molecule has 0 atom stereocenters. The molecule has 3 aromatic carbocycles. The molecule has 0 aromatic heterocycles. The van der Waals surface area contributed by atoms with Crippen molar-refractivity contribution in [3.8, 4) is 11.5 Å².